The molecule has 1 unspecified atom stereocenters. The van der Waals surface area contributed by atoms with Crippen LogP contribution in [0, 0.1) is 12.8 Å². The molecular weight excluding hydrogens is 314 g/mol. The van der Waals surface area contributed by atoms with Gasteiger partial charge < -0.3 is 5.32 Å². The molecule has 1 aliphatic rings. The average molecular weight is 339 g/mol. The Kier molecular flexibility index (Phi) is 5.60. The SMILES string of the molecule is C=Cn1cc(CN2CCCC(CNC(=O)c3cncc(C)c3)C2)cn1. The summed E-state index contributed by atoms with van der Waals surface area (Å²) >= 11 is 0. The Balaban J connectivity index is 1.49. The molecule has 132 valence electrons. The third kappa shape index (κ3) is 4.76. The third-order valence-electron chi connectivity index (χ3n) is 4.54. The lowest BCUT2D eigenvalue weighted by atomic mass is 9.97. The van der Waals surface area contributed by atoms with E-state index in [1.54, 1.807) is 23.3 Å². The van der Waals surface area contributed by atoms with E-state index in [-0.39, 0.29) is 5.91 Å². The van der Waals surface area contributed by atoms with Gasteiger partial charge in [-0.05, 0) is 43.9 Å². The minimum atomic E-state index is -0.0411. The molecule has 1 amide bonds. The first-order valence-electron chi connectivity index (χ1n) is 8.72. The minimum absolute atomic E-state index is 0.0411. The Hall–Kier alpha value is -2.47. The van der Waals surface area contributed by atoms with Crippen molar-refractivity contribution in [3.05, 3.63) is 54.1 Å². The van der Waals surface area contributed by atoms with Gasteiger partial charge in [0.25, 0.3) is 5.91 Å². The summed E-state index contributed by atoms with van der Waals surface area (Å²) in [6.07, 6.45) is 11.3. The van der Waals surface area contributed by atoms with Crippen molar-refractivity contribution in [2.45, 2.75) is 26.3 Å². The number of likely N-dealkylation sites (tertiary alicyclic amines) is 1. The summed E-state index contributed by atoms with van der Waals surface area (Å²) in [6, 6.07) is 1.87. The van der Waals surface area contributed by atoms with Crippen molar-refractivity contribution in [2.24, 2.45) is 5.92 Å². The molecule has 0 aliphatic carbocycles. The van der Waals surface area contributed by atoms with Crippen LogP contribution in [0.5, 0.6) is 0 Å². The number of piperidine rings is 1. The van der Waals surface area contributed by atoms with E-state index in [2.05, 4.69) is 26.9 Å². The zero-order valence-corrected chi connectivity index (χ0v) is 14.7. The molecule has 0 spiro atoms. The van der Waals surface area contributed by atoms with Crippen molar-refractivity contribution in [3.63, 3.8) is 0 Å². The molecule has 1 saturated heterocycles. The molecule has 3 heterocycles. The molecule has 0 aromatic carbocycles. The molecule has 2 aromatic rings. The summed E-state index contributed by atoms with van der Waals surface area (Å²) in [6.45, 7) is 9.33. The summed E-state index contributed by atoms with van der Waals surface area (Å²) in [4.78, 5) is 18.8. The van der Waals surface area contributed by atoms with Crippen molar-refractivity contribution >= 4 is 12.1 Å². The van der Waals surface area contributed by atoms with Crippen molar-refractivity contribution < 1.29 is 4.79 Å². The van der Waals surface area contributed by atoms with Crippen LogP contribution in [0.2, 0.25) is 0 Å². The summed E-state index contributed by atoms with van der Waals surface area (Å²) in [5.74, 6) is 0.436. The maximum Gasteiger partial charge on any atom is 0.252 e. The maximum atomic E-state index is 12.3. The predicted molar refractivity (Wildman–Crippen MR) is 97.9 cm³/mol. The molecule has 0 saturated carbocycles. The van der Waals surface area contributed by atoms with E-state index in [1.807, 2.05) is 25.4 Å². The van der Waals surface area contributed by atoms with Gasteiger partial charge in [-0.3, -0.25) is 14.7 Å². The average Bonchev–Trinajstić information content (AvgIpc) is 3.07. The largest absolute Gasteiger partial charge is 0.352 e. The molecule has 1 N–H and O–H groups in total. The molecule has 0 bridgehead atoms. The highest BCUT2D eigenvalue weighted by Gasteiger charge is 2.21. The van der Waals surface area contributed by atoms with Crippen LogP contribution >= 0.6 is 0 Å². The highest BCUT2D eigenvalue weighted by Crippen LogP contribution is 2.18. The molecule has 3 rings (SSSR count). The number of nitrogens with zero attached hydrogens (tertiary/aromatic N) is 4. The first-order chi connectivity index (χ1) is 12.1. The van der Waals surface area contributed by atoms with Gasteiger partial charge in [-0.25, -0.2) is 4.68 Å². The zero-order chi connectivity index (χ0) is 17.6. The van der Waals surface area contributed by atoms with E-state index < -0.39 is 0 Å². The van der Waals surface area contributed by atoms with Crippen LogP contribution in [0.1, 0.15) is 34.3 Å². The van der Waals surface area contributed by atoms with Gasteiger partial charge >= 0.3 is 0 Å². The van der Waals surface area contributed by atoms with E-state index in [9.17, 15) is 4.79 Å². The highest BCUT2D eigenvalue weighted by atomic mass is 16.1. The van der Waals surface area contributed by atoms with Crippen LogP contribution in [-0.2, 0) is 6.54 Å². The fraction of sp³-hybridized carbons (Fsp3) is 0.421. The number of aromatic nitrogens is 3. The normalized spacial score (nSPS) is 18.0. The Morgan fingerprint density at radius 3 is 3.08 bits per heavy atom. The van der Waals surface area contributed by atoms with Crippen molar-refractivity contribution in [1.82, 2.24) is 25.0 Å². The van der Waals surface area contributed by atoms with Crippen LogP contribution in [0.3, 0.4) is 0 Å². The van der Waals surface area contributed by atoms with Gasteiger partial charge in [0.2, 0.25) is 0 Å². The molecular formula is C19H25N5O. The van der Waals surface area contributed by atoms with E-state index in [0.29, 0.717) is 18.0 Å². The first kappa shape index (κ1) is 17.4. The fourth-order valence-electron chi connectivity index (χ4n) is 3.30. The first-order valence-corrected chi connectivity index (χ1v) is 8.72. The standard InChI is InChI=1S/C19H25N5O/c1-3-24-14-17(10-22-24)13-23-6-4-5-16(12-23)9-21-19(25)18-7-15(2)8-20-11-18/h3,7-8,10-11,14,16H,1,4-6,9,12-13H2,2H3,(H,21,25). The molecule has 0 radical (unpaired) electrons. The second kappa shape index (κ2) is 8.07. The van der Waals surface area contributed by atoms with E-state index >= 15 is 0 Å². The lowest BCUT2D eigenvalue weighted by Gasteiger charge is -2.32. The van der Waals surface area contributed by atoms with Crippen LogP contribution in [-0.4, -0.2) is 45.2 Å². The number of nitrogens with one attached hydrogen (secondary N) is 1. The number of pyridine rings is 1. The van der Waals surface area contributed by atoms with Crippen LogP contribution in [0.15, 0.2) is 37.4 Å². The number of carbonyl (C=O) groups is 1. The highest BCUT2D eigenvalue weighted by molar-refractivity contribution is 5.93. The van der Waals surface area contributed by atoms with Crippen molar-refractivity contribution in [3.8, 4) is 0 Å². The summed E-state index contributed by atoms with van der Waals surface area (Å²) < 4.78 is 1.73. The summed E-state index contributed by atoms with van der Waals surface area (Å²) in [5, 5.41) is 7.29. The Morgan fingerprint density at radius 2 is 2.32 bits per heavy atom. The minimum Gasteiger partial charge on any atom is -0.352 e. The fourth-order valence-corrected chi connectivity index (χ4v) is 3.30. The number of aryl methyl sites for hydroxylation is 1. The topological polar surface area (TPSA) is 63.0 Å². The zero-order valence-electron chi connectivity index (χ0n) is 14.7. The number of hydrogen-bond donors (Lipinski definition) is 1. The molecule has 6 nitrogen and oxygen atoms in total. The molecule has 6 heteroatoms. The van der Waals surface area contributed by atoms with Gasteiger partial charge in [-0.1, -0.05) is 6.58 Å². The summed E-state index contributed by atoms with van der Waals surface area (Å²) in [7, 11) is 0. The number of amides is 1. The lowest BCUT2D eigenvalue weighted by Crippen LogP contribution is -2.40. The van der Waals surface area contributed by atoms with Crippen LogP contribution in [0.25, 0.3) is 6.20 Å². The van der Waals surface area contributed by atoms with Crippen LogP contribution in [0.4, 0.5) is 0 Å². The molecule has 1 aliphatic heterocycles. The number of hydrogen-bond acceptors (Lipinski definition) is 4. The number of carbonyl (C=O) groups excluding carboxylic acids is 1. The quantitative estimate of drug-likeness (QED) is 0.877. The maximum absolute atomic E-state index is 12.3. The second-order valence-corrected chi connectivity index (χ2v) is 6.72. The summed E-state index contributed by atoms with van der Waals surface area (Å²) in [5.41, 5.74) is 2.82. The van der Waals surface area contributed by atoms with Gasteiger partial charge in [0.1, 0.15) is 0 Å². The molecule has 1 fully saturated rings. The monoisotopic (exact) mass is 339 g/mol. The Bertz CT molecular complexity index is 739. The number of rotatable bonds is 6. The molecule has 2 aromatic heterocycles. The van der Waals surface area contributed by atoms with Gasteiger partial charge in [0.05, 0.1) is 11.8 Å². The molecule has 25 heavy (non-hydrogen) atoms. The Morgan fingerprint density at radius 1 is 1.44 bits per heavy atom. The van der Waals surface area contributed by atoms with Crippen LogP contribution < -0.4 is 5.32 Å². The lowest BCUT2D eigenvalue weighted by molar-refractivity contribution is 0.0930. The van der Waals surface area contributed by atoms with Gasteiger partial charge in [0, 0.05) is 50.0 Å². The molecule has 1 atom stereocenters. The Labute approximate surface area is 148 Å². The van der Waals surface area contributed by atoms with E-state index in [4.69, 9.17) is 0 Å². The smallest absolute Gasteiger partial charge is 0.252 e. The second-order valence-electron chi connectivity index (χ2n) is 6.72. The van der Waals surface area contributed by atoms with E-state index in [0.717, 1.165) is 38.0 Å². The van der Waals surface area contributed by atoms with Gasteiger partial charge in [-0.2, -0.15) is 5.10 Å². The van der Waals surface area contributed by atoms with E-state index in [1.165, 1.54) is 5.56 Å². The van der Waals surface area contributed by atoms with Crippen molar-refractivity contribution in [2.75, 3.05) is 19.6 Å². The predicted octanol–water partition coefficient (Wildman–Crippen LogP) is 2.33. The van der Waals surface area contributed by atoms with Crippen molar-refractivity contribution in [1.29, 1.82) is 0 Å². The van der Waals surface area contributed by atoms with Gasteiger partial charge in [-0.15, -0.1) is 0 Å². The third-order valence-corrected chi connectivity index (χ3v) is 4.54. The van der Waals surface area contributed by atoms with Gasteiger partial charge in [0.15, 0.2) is 0 Å².